The van der Waals surface area contributed by atoms with Gasteiger partial charge in [0.15, 0.2) is 0 Å². The zero-order chi connectivity index (χ0) is 15.3. The fraction of sp³-hybridized carbons (Fsp3) is 0.417. The number of halogens is 3. The normalized spacial score (nSPS) is 29.4. The Balaban J connectivity index is 2.18. The number of nitrogens with one attached hydrogen (secondary N) is 1. The first kappa shape index (κ1) is 15.3. The van der Waals surface area contributed by atoms with Crippen molar-refractivity contribution in [1.82, 2.24) is 9.97 Å². The Bertz CT molecular complexity index is 693. The van der Waals surface area contributed by atoms with Crippen LogP contribution in [0, 0.1) is 0 Å². The van der Waals surface area contributed by atoms with Crippen LogP contribution in [-0.4, -0.2) is 50.2 Å². The predicted molar refractivity (Wildman–Crippen MR) is 77.8 cm³/mol. The van der Waals surface area contributed by atoms with Gasteiger partial charge in [-0.05, 0) is 17.7 Å². The van der Waals surface area contributed by atoms with Crippen molar-refractivity contribution in [2.24, 2.45) is 0 Å². The zero-order valence-electron chi connectivity index (χ0n) is 10.4. The van der Waals surface area contributed by atoms with Crippen LogP contribution < -0.4 is 0 Å². The van der Waals surface area contributed by atoms with Gasteiger partial charge in [0.25, 0.3) is 0 Å². The number of H-pyrrole nitrogens is 1. The summed E-state index contributed by atoms with van der Waals surface area (Å²) in [4.78, 5) is 6.91. The van der Waals surface area contributed by atoms with Gasteiger partial charge in [0, 0.05) is 5.56 Å². The van der Waals surface area contributed by atoms with Crippen LogP contribution in [0.2, 0.25) is 15.3 Å². The molecule has 1 aliphatic heterocycles. The molecule has 0 radical (unpaired) electrons. The minimum atomic E-state index is -1.27. The number of hydrogen-bond donors (Lipinski definition) is 4. The quantitative estimate of drug-likeness (QED) is 0.658. The van der Waals surface area contributed by atoms with E-state index in [9.17, 15) is 10.2 Å². The zero-order valence-corrected chi connectivity index (χ0v) is 12.7. The molecule has 21 heavy (non-hydrogen) atoms. The monoisotopic (exact) mass is 352 g/mol. The van der Waals surface area contributed by atoms with Crippen LogP contribution in [-0.2, 0) is 4.74 Å². The summed E-state index contributed by atoms with van der Waals surface area (Å²) in [6, 6.07) is 1.56. The van der Waals surface area contributed by atoms with Crippen molar-refractivity contribution in [2.45, 2.75) is 24.4 Å². The highest BCUT2D eigenvalue weighted by molar-refractivity contribution is 6.43. The number of benzene rings is 1. The molecule has 0 unspecified atom stereocenters. The highest BCUT2D eigenvalue weighted by atomic mass is 35.5. The van der Waals surface area contributed by atoms with Gasteiger partial charge in [-0.15, -0.1) is 0 Å². The molecule has 1 fully saturated rings. The van der Waals surface area contributed by atoms with Gasteiger partial charge in [-0.1, -0.05) is 23.2 Å². The molecule has 1 aromatic heterocycles. The predicted octanol–water partition coefficient (Wildman–Crippen LogP) is 1.68. The van der Waals surface area contributed by atoms with Crippen molar-refractivity contribution in [3.8, 4) is 0 Å². The van der Waals surface area contributed by atoms with Crippen LogP contribution >= 0.6 is 34.8 Å². The van der Waals surface area contributed by atoms with Crippen molar-refractivity contribution in [3.05, 3.63) is 27.0 Å². The fourth-order valence-corrected chi connectivity index (χ4v) is 3.14. The summed E-state index contributed by atoms with van der Waals surface area (Å²) in [5, 5.41) is 29.7. The molecule has 4 atom stereocenters. The highest BCUT2D eigenvalue weighted by Gasteiger charge is 2.45. The molecule has 2 heterocycles. The van der Waals surface area contributed by atoms with Crippen LogP contribution in [0.4, 0.5) is 0 Å². The maximum absolute atomic E-state index is 10.1. The molecule has 114 valence electrons. The van der Waals surface area contributed by atoms with Gasteiger partial charge in [-0.3, -0.25) is 0 Å². The van der Waals surface area contributed by atoms with Gasteiger partial charge in [-0.25, -0.2) is 4.98 Å². The summed E-state index contributed by atoms with van der Waals surface area (Å²) in [6.45, 7) is -0.433. The number of aliphatic hydroxyl groups is 3. The van der Waals surface area contributed by atoms with Crippen LogP contribution in [0.15, 0.2) is 6.07 Å². The van der Waals surface area contributed by atoms with E-state index >= 15 is 0 Å². The molecule has 0 spiro atoms. The van der Waals surface area contributed by atoms with Gasteiger partial charge in [-0.2, -0.15) is 0 Å². The third-order valence-electron chi connectivity index (χ3n) is 3.50. The van der Waals surface area contributed by atoms with Crippen molar-refractivity contribution < 1.29 is 20.1 Å². The lowest BCUT2D eigenvalue weighted by molar-refractivity contribution is -0.0223. The standard InChI is InChI=1S/C12H11Cl3N2O4/c13-3-1-4-8(17-12(15)16-4)6(7(3)14)11-10(20)9(19)5(2-18)21-11/h1,5,9-11,18-20H,2H2,(H,16,17)/t5-,9-,10+,11-/m0/s1. The van der Waals surface area contributed by atoms with E-state index in [-0.39, 0.29) is 15.3 Å². The van der Waals surface area contributed by atoms with E-state index in [4.69, 9.17) is 44.6 Å². The lowest BCUT2D eigenvalue weighted by atomic mass is 10.00. The molecule has 1 aliphatic rings. The Labute approximate surface area is 134 Å². The van der Waals surface area contributed by atoms with E-state index in [1.807, 2.05) is 0 Å². The SMILES string of the molecule is OC[C@@H]1O[C@@H](c2c(Cl)c(Cl)cc3[nH]c(Cl)nc23)[C@H](O)[C@H]1O. The Morgan fingerprint density at radius 2 is 1.95 bits per heavy atom. The average molecular weight is 354 g/mol. The number of aromatic amines is 1. The Kier molecular flexibility index (Phi) is 4.04. The van der Waals surface area contributed by atoms with Gasteiger partial charge >= 0.3 is 0 Å². The minimum absolute atomic E-state index is 0.135. The molecule has 9 heteroatoms. The summed E-state index contributed by atoms with van der Waals surface area (Å²) >= 11 is 18.1. The van der Waals surface area contributed by atoms with Crippen LogP contribution in [0.3, 0.4) is 0 Å². The molecular formula is C12H11Cl3N2O4. The van der Waals surface area contributed by atoms with E-state index in [0.29, 0.717) is 16.6 Å². The number of aliphatic hydroxyl groups excluding tert-OH is 3. The molecule has 0 aliphatic carbocycles. The maximum Gasteiger partial charge on any atom is 0.201 e. The first-order valence-electron chi connectivity index (χ1n) is 6.09. The van der Waals surface area contributed by atoms with Crippen molar-refractivity contribution in [2.75, 3.05) is 6.61 Å². The molecule has 1 saturated heterocycles. The number of nitrogens with zero attached hydrogens (tertiary/aromatic N) is 1. The molecule has 1 aromatic carbocycles. The van der Waals surface area contributed by atoms with E-state index < -0.39 is 31.0 Å². The smallest absolute Gasteiger partial charge is 0.201 e. The Morgan fingerprint density at radius 1 is 1.24 bits per heavy atom. The van der Waals surface area contributed by atoms with E-state index in [2.05, 4.69) is 9.97 Å². The first-order valence-corrected chi connectivity index (χ1v) is 7.23. The summed E-state index contributed by atoms with van der Waals surface area (Å²) < 4.78 is 5.48. The molecule has 0 bridgehead atoms. The van der Waals surface area contributed by atoms with Crippen LogP contribution in [0.25, 0.3) is 11.0 Å². The first-order chi connectivity index (χ1) is 9.93. The maximum atomic E-state index is 10.1. The number of fused-ring (bicyclic) bond motifs is 1. The number of aromatic nitrogens is 2. The topological polar surface area (TPSA) is 98.6 Å². The largest absolute Gasteiger partial charge is 0.394 e. The fourth-order valence-electron chi connectivity index (χ4n) is 2.49. The van der Waals surface area contributed by atoms with Gasteiger partial charge in [0.2, 0.25) is 5.28 Å². The number of ether oxygens (including phenoxy) is 1. The van der Waals surface area contributed by atoms with E-state index in [1.165, 1.54) is 0 Å². The van der Waals surface area contributed by atoms with Gasteiger partial charge in [0.05, 0.1) is 27.7 Å². The summed E-state index contributed by atoms with van der Waals surface area (Å²) in [7, 11) is 0. The second-order valence-corrected chi connectivity index (χ2v) is 5.91. The van der Waals surface area contributed by atoms with Crippen molar-refractivity contribution >= 4 is 45.8 Å². The average Bonchev–Trinajstić information content (AvgIpc) is 2.93. The van der Waals surface area contributed by atoms with Crippen LogP contribution in [0.5, 0.6) is 0 Å². The molecule has 0 amide bonds. The molecule has 2 aromatic rings. The molecule has 0 saturated carbocycles. The van der Waals surface area contributed by atoms with Crippen molar-refractivity contribution in [3.63, 3.8) is 0 Å². The minimum Gasteiger partial charge on any atom is -0.394 e. The summed E-state index contributed by atoms with van der Waals surface area (Å²) in [5.41, 5.74) is 1.25. The van der Waals surface area contributed by atoms with E-state index in [1.54, 1.807) is 6.07 Å². The lowest BCUT2D eigenvalue weighted by Gasteiger charge is -2.17. The Morgan fingerprint density at radius 3 is 2.57 bits per heavy atom. The number of hydrogen-bond acceptors (Lipinski definition) is 5. The summed E-state index contributed by atoms with van der Waals surface area (Å²) in [5.74, 6) is 0. The molecule has 4 N–H and O–H groups in total. The molecule has 3 rings (SSSR count). The number of rotatable bonds is 2. The van der Waals surface area contributed by atoms with Gasteiger partial charge < -0.3 is 25.0 Å². The van der Waals surface area contributed by atoms with Gasteiger partial charge in [0.1, 0.15) is 24.4 Å². The highest BCUT2D eigenvalue weighted by Crippen LogP contribution is 2.43. The third-order valence-corrected chi connectivity index (χ3v) is 4.48. The second-order valence-electron chi connectivity index (χ2n) is 4.77. The van der Waals surface area contributed by atoms with Crippen LogP contribution in [0.1, 0.15) is 11.7 Å². The second kappa shape index (κ2) is 5.55. The van der Waals surface area contributed by atoms with Crippen molar-refractivity contribution in [1.29, 1.82) is 0 Å². The molecule has 6 nitrogen and oxygen atoms in total. The number of imidazole rings is 1. The molecular weight excluding hydrogens is 343 g/mol. The third kappa shape index (κ3) is 2.41. The summed E-state index contributed by atoms with van der Waals surface area (Å²) in [6.07, 6.45) is -4.38. The van der Waals surface area contributed by atoms with E-state index in [0.717, 1.165) is 0 Å². The Hall–Kier alpha value is -0.600. The lowest BCUT2D eigenvalue weighted by Crippen LogP contribution is -2.32.